The third kappa shape index (κ3) is 5.20. The van der Waals surface area contributed by atoms with Gasteiger partial charge in [-0.25, -0.2) is 22.8 Å². The summed E-state index contributed by atoms with van der Waals surface area (Å²) in [5.74, 6) is 0.0158. The van der Waals surface area contributed by atoms with Crippen molar-refractivity contribution >= 4 is 27.3 Å². The van der Waals surface area contributed by atoms with Crippen molar-refractivity contribution in [1.29, 1.82) is 0 Å². The number of rotatable bonds is 7. The summed E-state index contributed by atoms with van der Waals surface area (Å²) in [6, 6.07) is 9.69. The summed E-state index contributed by atoms with van der Waals surface area (Å²) in [5.41, 5.74) is 2.23. The highest BCUT2D eigenvalue weighted by Crippen LogP contribution is 2.25. The first-order valence-corrected chi connectivity index (χ1v) is 12.8. The van der Waals surface area contributed by atoms with Crippen LogP contribution in [0.15, 0.2) is 48.1 Å². The SMILES string of the molecule is CCCS(=O)(=O)NC1CCN(C(=O)c2csc(-c3cnn(-c4ccccc4)c3)n2)CC1. The molecule has 3 aromatic rings. The zero-order valence-corrected chi connectivity index (χ0v) is 18.9. The Morgan fingerprint density at radius 1 is 1.23 bits per heavy atom. The minimum atomic E-state index is -3.24. The van der Waals surface area contributed by atoms with Gasteiger partial charge in [-0.3, -0.25) is 4.79 Å². The van der Waals surface area contributed by atoms with Crippen LogP contribution >= 0.6 is 11.3 Å². The van der Waals surface area contributed by atoms with Crippen molar-refractivity contribution in [2.45, 2.75) is 32.2 Å². The lowest BCUT2D eigenvalue weighted by atomic mass is 10.1. The molecule has 8 nitrogen and oxygen atoms in total. The van der Waals surface area contributed by atoms with Gasteiger partial charge in [0.2, 0.25) is 10.0 Å². The minimum Gasteiger partial charge on any atom is -0.337 e. The predicted octanol–water partition coefficient (Wildman–Crippen LogP) is 2.93. The zero-order valence-electron chi connectivity index (χ0n) is 17.3. The highest BCUT2D eigenvalue weighted by molar-refractivity contribution is 7.89. The molecule has 1 amide bonds. The van der Waals surface area contributed by atoms with Crippen LogP contribution in [0.3, 0.4) is 0 Å². The van der Waals surface area contributed by atoms with Crippen LogP contribution in [0.5, 0.6) is 0 Å². The van der Waals surface area contributed by atoms with Gasteiger partial charge in [0.05, 0.1) is 17.6 Å². The van der Waals surface area contributed by atoms with E-state index >= 15 is 0 Å². The molecule has 164 valence electrons. The normalized spacial score (nSPS) is 15.3. The number of aromatic nitrogens is 3. The largest absolute Gasteiger partial charge is 0.337 e. The Morgan fingerprint density at radius 2 is 1.97 bits per heavy atom. The molecule has 1 aromatic carbocycles. The first-order chi connectivity index (χ1) is 14.9. The van der Waals surface area contributed by atoms with Crippen molar-refractivity contribution in [2.24, 2.45) is 0 Å². The number of nitrogens with one attached hydrogen (secondary N) is 1. The third-order valence-electron chi connectivity index (χ3n) is 5.17. The number of thiazole rings is 1. The number of benzene rings is 1. The van der Waals surface area contributed by atoms with E-state index in [2.05, 4.69) is 14.8 Å². The molecule has 0 spiro atoms. The number of carbonyl (C=O) groups excluding carboxylic acids is 1. The number of piperidine rings is 1. The molecular formula is C21H25N5O3S2. The lowest BCUT2D eigenvalue weighted by molar-refractivity contribution is 0.0706. The molecule has 4 rings (SSSR count). The molecule has 1 N–H and O–H groups in total. The van der Waals surface area contributed by atoms with Gasteiger partial charge in [-0.05, 0) is 31.4 Å². The van der Waals surface area contributed by atoms with Crippen molar-refractivity contribution < 1.29 is 13.2 Å². The number of para-hydroxylation sites is 1. The second-order valence-electron chi connectivity index (χ2n) is 7.55. The van der Waals surface area contributed by atoms with Crippen LogP contribution in [-0.4, -0.2) is 58.9 Å². The second-order valence-corrected chi connectivity index (χ2v) is 10.3. The van der Waals surface area contributed by atoms with Gasteiger partial charge in [-0.2, -0.15) is 5.10 Å². The Bertz CT molecular complexity index is 1130. The van der Waals surface area contributed by atoms with E-state index in [0.29, 0.717) is 38.0 Å². The molecule has 0 unspecified atom stereocenters. The van der Waals surface area contributed by atoms with E-state index in [9.17, 15) is 13.2 Å². The molecular weight excluding hydrogens is 434 g/mol. The fourth-order valence-electron chi connectivity index (χ4n) is 3.60. The van der Waals surface area contributed by atoms with Gasteiger partial charge >= 0.3 is 0 Å². The topological polar surface area (TPSA) is 97.2 Å². The molecule has 0 radical (unpaired) electrons. The number of nitrogens with zero attached hydrogens (tertiary/aromatic N) is 4. The van der Waals surface area contributed by atoms with E-state index < -0.39 is 10.0 Å². The van der Waals surface area contributed by atoms with Crippen molar-refractivity contribution in [3.8, 4) is 16.3 Å². The van der Waals surface area contributed by atoms with Crippen molar-refractivity contribution in [3.63, 3.8) is 0 Å². The van der Waals surface area contributed by atoms with Crippen LogP contribution in [-0.2, 0) is 10.0 Å². The number of carbonyl (C=O) groups is 1. The Hall–Kier alpha value is -2.56. The molecule has 2 aromatic heterocycles. The van der Waals surface area contributed by atoms with Crippen LogP contribution < -0.4 is 4.72 Å². The lowest BCUT2D eigenvalue weighted by Crippen LogP contribution is -2.47. The van der Waals surface area contributed by atoms with Crippen LogP contribution in [0, 0.1) is 0 Å². The highest BCUT2D eigenvalue weighted by atomic mass is 32.2. The third-order valence-corrected chi connectivity index (χ3v) is 7.70. The van der Waals surface area contributed by atoms with Gasteiger partial charge in [0, 0.05) is 36.3 Å². The fraction of sp³-hybridized carbons (Fsp3) is 0.381. The lowest BCUT2D eigenvalue weighted by Gasteiger charge is -2.31. The molecule has 1 fully saturated rings. The molecule has 1 aliphatic rings. The summed E-state index contributed by atoms with van der Waals surface area (Å²) in [4.78, 5) is 19.2. The van der Waals surface area contributed by atoms with Crippen molar-refractivity contribution in [2.75, 3.05) is 18.8 Å². The quantitative estimate of drug-likeness (QED) is 0.586. The Labute approximate surface area is 186 Å². The summed E-state index contributed by atoms with van der Waals surface area (Å²) in [6.07, 6.45) is 5.44. The minimum absolute atomic E-state index is 0.115. The van der Waals surface area contributed by atoms with Crippen LogP contribution in [0.2, 0.25) is 0 Å². The van der Waals surface area contributed by atoms with Crippen molar-refractivity contribution in [1.82, 2.24) is 24.4 Å². The number of likely N-dealkylation sites (tertiary alicyclic amines) is 1. The van der Waals surface area contributed by atoms with E-state index in [1.54, 1.807) is 21.2 Å². The Kier molecular flexibility index (Phi) is 6.49. The van der Waals surface area contributed by atoms with Crippen LogP contribution in [0.1, 0.15) is 36.7 Å². The molecule has 1 saturated heterocycles. The predicted molar refractivity (Wildman–Crippen MR) is 121 cm³/mol. The van der Waals surface area contributed by atoms with Gasteiger partial charge in [0.1, 0.15) is 10.7 Å². The second kappa shape index (κ2) is 9.29. The highest BCUT2D eigenvalue weighted by Gasteiger charge is 2.27. The van der Waals surface area contributed by atoms with Crippen LogP contribution in [0.4, 0.5) is 0 Å². The summed E-state index contributed by atoms with van der Waals surface area (Å²) in [6.45, 7) is 2.86. The number of hydrogen-bond acceptors (Lipinski definition) is 6. The van der Waals surface area contributed by atoms with Gasteiger partial charge < -0.3 is 4.90 Å². The molecule has 1 aliphatic heterocycles. The number of hydrogen-bond donors (Lipinski definition) is 1. The summed E-state index contributed by atoms with van der Waals surface area (Å²) in [5, 5.41) is 6.90. The average Bonchev–Trinajstić information content (AvgIpc) is 3.44. The molecule has 3 heterocycles. The summed E-state index contributed by atoms with van der Waals surface area (Å²) >= 11 is 1.41. The first kappa shape index (κ1) is 21.7. The molecule has 0 aliphatic carbocycles. The maximum atomic E-state index is 12.9. The van der Waals surface area contributed by atoms with Gasteiger partial charge in [0.25, 0.3) is 5.91 Å². The summed E-state index contributed by atoms with van der Waals surface area (Å²) in [7, 11) is -3.24. The Balaban J connectivity index is 1.38. The van der Waals surface area contributed by atoms with Gasteiger partial charge in [0.15, 0.2) is 0 Å². The maximum absolute atomic E-state index is 12.9. The summed E-state index contributed by atoms with van der Waals surface area (Å²) < 4.78 is 28.4. The molecule has 0 atom stereocenters. The average molecular weight is 460 g/mol. The number of sulfonamides is 1. The van der Waals surface area contributed by atoms with E-state index in [0.717, 1.165) is 16.3 Å². The van der Waals surface area contributed by atoms with E-state index in [4.69, 9.17) is 0 Å². The van der Waals surface area contributed by atoms with Gasteiger partial charge in [-0.15, -0.1) is 11.3 Å². The standard InChI is InChI=1S/C21H25N5O3S2/c1-2-12-31(28,29)24-17-8-10-25(11-9-17)21(27)19-15-30-20(23-19)16-13-22-26(14-16)18-6-4-3-5-7-18/h3-7,13-15,17,24H,2,8-12H2,1H3. The zero-order chi connectivity index (χ0) is 21.8. The molecule has 10 heteroatoms. The molecule has 31 heavy (non-hydrogen) atoms. The fourth-order valence-corrected chi connectivity index (χ4v) is 5.77. The van der Waals surface area contributed by atoms with E-state index in [1.165, 1.54) is 11.3 Å². The van der Waals surface area contributed by atoms with Gasteiger partial charge in [-0.1, -0.05) is 25.1 Å². The first-order valence-electron chi connectivity index (χ1n) is 10.3. The maximum Gasteiger partial charge on any atom is 0.273 e. The smallest absolute Gasteiger partial charge is 0.273 e. The number of amides is 1. The van der Waals surface area contributed by atoms with Crippen LogP contribution in [0.25, 0.3) is 16.3 Å². The van der Waals surface area contributed by atoms with Crippen molar-refractivity contribution in [3.05, 3.63) is 53.8 Å². The Morgan fingerprint density at radius 3 is 2.68 bits per heavy atom. The van der Waals surface area contributed by atoms with E-state index in [1.807, 2.05) is 43.5 Å². The monoisotopic (exact) mass is 459 g/mol. The molecule has 0 bridgehead atoms. The molecule has 0 saturated carbocycles. The van der Waals surface area contributed by atoms with E-state index in [-0.39, 0.29) is 17.7 Å².